The molecule has 3 atom stereocenters. The van der Waals surface area contributed by atoms with Crippen LogP contribution in [0, 0.1) is 0 Å². The van der Waals surface area contributed by atoms with Gasteiger partial charge in [-0.3, -0.25) is 19.6 Å². The van der Waals surface area contributed by atoms with Gasteiger partial charge in [-0.25, -0.2) is 9.75 Å². The Hall–Kier alpha value is -4.06. The summed E-state index contributed by atoms with van der Waals surface area (Å²) in [6.45, 7) is 0.475. The highest BCUT2D eigenvalue weighted by Gasteiger charge is 2.42. The van der Waals surface area contributed by atoms with Crippen molar-refractivity contribution in [1.29, 1.82) is 0 Å². The number of benzene rings is 2. The number of nitrogens with zero attached hydrogens (tertiary/aromatic N) is 4. The van der Waals surface area contributed by atoms with Gasteiger partial charge >= 0.3 is 0 Å². The van der Waals surface area contributed by atoms with Crippen LogP contribution in [0.15, 0.2) is 66.9 Å². The van der Waals surface area contributed by atoms with Gasteiger partial charge in [0.2, 0.25) is 11.8 Å². The summed E-state index contributed by atoms with van der Waals surface area (Å²) in [6.07, 6.45) is 4.16. The van der Waals surface area contributed by atoms with E-state index in [1.165, 1.54) is 4.90 Å². The summed E-state index contributed by atoms with van der Waals surface area (Å²) in [5.74, 6) is -1.64. The number of aryl methyl sites for hydroxylation is 1. The summed E-state index contributed by atoms with van der Waals surface area (Å²) in [6, 6.07) is 16.8. The number of nitrogens with two attached hydrogens (primary N) is 3. The number of rotatable bonds is 12. The first-order chi connectivity index (χ1) is 19.3. The molecule has 212 valence electrons. The number of hydrogen-bond acceptors (Lipinski definition) is 7. The van der Waals surface area contributed by atoms with Crippen LogP contribution in [-0.2, 0) is 20.8 Å². The van der Waals surface area contributed by atoms with Crippen molar-refractivity contribution < 1.29 is 19.6 Å². The molecular weight excluding hydrogens is 510 g/mol. The molecule has 0 spiro atoms. The van der Waals surface area contributed by atoms with E-state index in [1.807, 2.05) is 66.9 Å². The molecule has 0 aliphatic carbocycles. The quantitative estimate of drug-likeness (QED) is 0.151. The number of hydroxylamine groups is 2. The third kappa shape index (κ3) is 6.74. The smallest absolute Gasteiger partial charge is 0.263 e. The molecular formula is C29H37N7O4. The maximum Gasteiger partial charge on any atom is 0.263 e. The minimum Gasteiger partial charge on any atom is -0.368 e. The fourth-order valence-electron chi connectivity index (χ4n) is 5.05. The minimum atomic E-state index is -0.936. The van der Waals surface area contributed by atoms with Crippen molar-refractivity contribution in [3.63, 3.8) is 0 Å². The van der Waals surface area contributed by atoms with Gasteiger partial charge in [-0.15, -0.1) is 0 Å². The number of hydrogen-bond donors (Lipinski definition) is 4. The van der Waals surface area contributed by atoms with Crippen molar-refractivity contribution >= 4 is 17.7 Å². The molecule has 11 heteroatoms. The minimum absolute atomic E-state index is 0.0149. The summed E-state index contributed by atoms with van der Waals surface area (Å²) in [4.78, 5) is 39.6. The number of para-hydroxylation sites is 1. The van der Waals surface area contributed by atoms with Crippen LogP contribution in [0.4, 0.5) is 0 Å². The van der Waals surface area contributed by atoms with Gasteiger partial charge in [0.25, 0.3) is 5.91 Å². The van der Waals surface area contributed by atoms with Crippen LogP contribution in [0.5, 0.6) is 0 Å². The van der Waals surface area contributed by atoms with Crippen molar-refractivity contribution in [2.45, 2.75) is 56.7 Å². The molecule has 0 bridgehead atoms. The lowest BCUT2D eigenvalue weighted by atomic mass is 10.0. The number of carbonyl (C=O) groups excluding carboxylic acids is 3. The van der Waals surface area contributed by atoms with E-state index in [9.17, 15) is 19.6 Å². The zero-order chi connectivity index (χ0) is 28.6. The van der Waals surface area contributed by atoms with Gasteiger partial charge in [-0.2, -0.15) is 5.10 Å². The van der Waals surface area contributed by atoms with Crippen LogP contribution in [0.2, 0.25) is 0 Å². The second-order valence-electron chi connectivity index (χ2n) is 10.1. The highest BCUT2D eigenvalue weighted by molar-refractivity contribution is 5.88. The van der Waals surface area contributed by atoms with Crippen LogP contribution < -0.4 is 17.2 Å². The van der Waals surface area contributed by atoms with E-state index in [1.54, 1.807) is 4.68 Å². The van der Waals surface area contributed by atoms with Gasteiger partial charge in [-0.05, 0) is 43.5 Å². The number of primary amides is 1. The lowest BCUT2D eigenvalue weighted by molar-refractivity contribution is -0.176. The zero-order valence-electron chi connectivity index (χ0n) is 22.4. The van der Waals surface area contributed by atoms with E-state index in [2.05, 4.69) is 0 Å². The third-order valence-electron chi connectivity index (χ3n) is 7.25. The average molecular weight is 548 g/mol. The fourth-order valence-corrected chi connectivity index (χ4v) is 5.05. The Labute approximate surface area is 233 Å². The summed E-state index contributed by atoms with van der Waals surface area (Å²) in [5, 5.41) is 16.0. The molecule has 1 aliphatic rings. The summed E-state index contributed by atoms with van der Waals surface area (Å²) in [5.41, 5.74) is 20.5. The standard InChI is InChI=1S/C29H37N7O4/c30-16-8-7-13-24(31)29(39)36(40)23-17-25(28(32)38)34(19-23)26(37)15-14-21-18-35(22-11-5-2-6-12-22)33-27(21)20-9-3-1-4-10-20/h1-6,9-12,18,23-25,40H,7-8,13-17,19,30-31H2,(H2,32,38)/t23-,24-,25-/m0/s1. The third-order valence-corrected chi connectivity index (χ3v) is 7.25. The number of carbonyl (C=O) groups is 3. The molecule has 1 aromatic heterocycles. The van der Waals surface area contributed by atoms with Gasteiger partial charge in [0, 0.05) is 31.1 Å². The van der Waals surface area contributed by atoms with Crippen LogP contribution in [-0.4, -0.2) is 73.9 Å². The van der Waals surface area contributed by atoms with Crippen LogP contribution in [0.25, 0.3) is 16.9 Å². The molecule has 4 rings (SSSR count). The highest BCUT2D eigenvalue weighted by atomic mass is 16.5. The van der Waals surface area contributed by atoms with Crippen molar-refractivity contribution in [2.75, 3.05) is 13.1 Å². The number of amides is 3. The Morgan fingerprint density at radius 3 is 2.38 bits per heavy atom. The highest BCUT2D eigenvalue weighted by Crippen LogP contribution is 2.27. The zero-order valence-corrected chi connectivity index (χ0v) is 22.4. The Kier molecular flexibility index (Phi) is 9.65. The van der Waals surface area contributed by atoms with E-state index < -0.39 is 29.9 Å². The van der Waals surface area contributed by atoms with Crippen molar-refractivity contribution in [3.05, 3.63) is 72.4 Å². The second-order valence-corrected chi connectivity index (χ2v) is 10.1. The average Bonchev–Trinajstić information content (AvgIpc) is 3.62. The molecule has 1 aliphatic heterocycles. The molecule has 3 aromatic rings. The molecule has 1 fully saturated rings. The van der Waals surface area contributed by atoms with Gasteiger partial charge in [-0.1, -0.05) is 55.0 Å². The largest absolute Gasteiger partial charge is 0.368 e. The Bertz CT molecular complexity index is 1300. The maximum absolute atomic E-state index is 13.4. The van der Waals surface area contributed by atoms with Crippen molar-refractivity contribution in [1.82, 2.24) is 19.7 Å². The molecule has 11 nitrogen and oxygen atoms in total. The first-order valence-corrected chi connectivity index (χ1v) is 13.6. The topological polar surface area (TPSA) is 174 Å². The predicted octanol–water partition coefficient (Wildman–Crippen LogP) is 1.60. The lowest BCUT2D eigenvalue weighted by Crippen LogP contribution is -2.48. The lowest BCUT2D eigenvalue weighted by Gasteiger charge is -2.25. The summed E-state index contributed by atoms with van der Waals surface area (Å²) < 4.78 is 1.78. The van der Waals surface area contributed by atoms with E-state index >= 15 is 0 Å². The van der Waals surface area contributed by atoms with Crippen molar-refractivity contribution in [3.8, 4) is 16.9 Å². The summed E-state index contributed by atoms with van der Waals surface area (Å²) in [7, 11) is 0. The first kappa shape index (κ1) is 28.9. The maximum atomic E-state index is 13.4. The van der Waals surface area contributed by atoms with E-state index in [4.69, 9.17) is 22.3 Å². The van der Waals surface area contributed by atoms with E-state index in [-0.39, 0.29) is 25.3 Å². The monoisotopic (exact) mass is 547 g/mol. The van der Waals surface area contributed by atoms with Gasteiger partial charge < -0.3 is 22.1 Å². The Morgan fingerprint density at radius 2 is 1.73 bits per heavy atom. The summed E-state index contributed by atoms with van der Waals surface area (Å²) >= 11 is 0. The van der Waals surface area contributed by atoms with Crippen molar-refractivity contribution in [2.24, 2.45) is 17.2 Å². The fraction of sp³-hybridized carbons (Fsp3) is 0.379. The van der Waals surface area contributed by atoms with E-state index in [0.717, 1.165) is 28.9 Å². The molecule has 0 saturated carbocycles. The first-order valence-electron chi connectivity index (χ1n) is 13.6. The molecule has 0 radical (unpaired) electrons. The predicted molar refractivity (Wildman–Crippen MR) is 150 cm³/mol. The number of unbranched alkanes of at least 4 members (excludes halogenated alkanes) is 1. The van der Waals surface area contributed by atoms with Crippen LogP contribution >= 0.6 is 0 Å². The van der Waals surface area contributed by atoms with Gasteiger partial charge in [0.1, 0.15) is 6.04 Å². The van der Waals surface area contributed by atoms with Gasteiger partial charge in [0.05, 0.1) is 23.5 Å². The molecule has 7 N–H and O–H groups in total. The molecule has 2 aromatic carbocycles. The second kappa shape index (κ2) is 13.3. The molecule has 40 heavy (non-hydrogen) atoms. The Balaban J connectivity index is 1.47. The Morgan fingerprint density at radius 1 is 1.05 bits per heavy atom. The number of likely N-dealkylation sites (tertiary alicyclic amines) is 1. The van der Waals surface area contributed by atoms with E-state index in [0.29, 0.717) is 30.9 Å². The van der Waals surface area contributed by atoms with Crippen LogP contribution in [0.1, 0.15) is 37.7 Å². The molecule has 0 unspecified atom stereocenters. The van der Waals surface area contributed by atoms with Crippen LogP contribution in [0.3, 0.4) is 0 Å². The van der Waals surface area contributed by atoms with Gasteiger partial charge in [0.15, 0.2) is 0 Å². The molecule has 3 amide bonds. The normalized spacial score (nSPS) is 17.5. The molecule has 1 saturated heterocycles. The number of aromatic nitrogens is 2. The molecule has 2 heterocycles. The SMILES string of the molecule is NCCCC[C@H](N)C(=O)N(O)[C@H]1C[C@@H](C(N)=O)N(C(=O)CCc2cn(-c3ccccc3)nc2-c2ccccc2)C1.